The molecule has 0 spiro atoms. The number of aliphatic hydroxyl groups excluding tert-OH is 4. The third kappa shape index (κ3) is 1.78. The molecule has 0 aromatic carbocycles. The van der Waals surface area contributed by atoms with Crippen molar-refractivity contribution in [1.82, 2.24) is 5.01 Å². The van der Waals surface area contributed by atoms with Gasteiger partial charge in [-0.2, -0.15) is 0 Å². The third-order valence-electron chi connectivity index (χ3n) is 2.19. The van der Waals surface area contributed by atoms with Crippen LogP contribution in [0.25, 0.3) is 0 Å². The Labute approximate surface area is 74.2 Å². The van der Waals surface area contributed by atoms with E-state index in [2.05, 4.69) is 5.29 Å². The Morgan fingerprint density at radius 3 is 2.38 bits per heavy atom. The van der Waals surface area contributed by atoms with Crippen LogP contribution in [-0.4, -0.2) is 62.9 Å². The number of hydrogen-bond donors (Lipinski definition) is 4. The van der Waals surface area contributed by atoms with Gasteiger partial charge in [-0.1, -0.05) is 0 Å². The highest BCUT2D eigenvalue weighted by Gasteiger charge is 2.41. The zero-order chi connectivity index (χ0) is 10.0. The van der Waals surface area contributed by atoms with Crippen molar-refractivity contribution in [2.45, 2.75) is 24.4 Å². The summed E-state index contributed by atoms with van der Waals surface area (Å²) >= 11 is 0. The van der Waals surface area contributed by atoms with Gasteiger partial charge in [0, 0.05) is 0 Å². The molecule has 1 rings (SSSR count). The first-order valence-electron chi connectivity index (χ1n) is 3.86. The second-order valence-electron chi connectivity index (χ2n) is 3.00. The largest absolute Gasteiger partial charge is 0.394 e. The highest BCUT2D eigenvalue weighted by atomic mass is 16.4. The minimum atomic E-state index is -1.37. The van der Waals surface area contributed by atoms with Gasteiger partial charge in [0.2, 0.25) is 0 Å². The lowest BCUT2D eigenvalue weighted by molar-refractivity contribution is -0.145. The van der Waals surface area contributed by atoms with Crippen molar-refractivity contribution in [2.24, 2.45) is 5.29 Å². The van der Waals surface area contributed by atoms with Gasteiger partial charge in [0.15, 0.2) is 0 Å². The van der Waals surface area contributed by atoms with Gasteiger partial charge < -0.3 is 20.4 Å². The van der Waals surface area contributed by atoms with E-state index in [0.29, 0.717) is 0 Å². The SMILES string of the molecule is O=NN1C[C@H](O)[C@@H](O)[C@H](O)[C@@H]1CO. The molecule has 4 atom stereocenters. The quantitative estimate of drug-likeness (QED) is 0.357. The van der Waals surface area contributed by atoms with Gasteiger partial charge in [-0.15, -0.1) is 4.91 Å². The second kappa shape index (κ2) is 3.97. The van der Waals surface area contributed by atoms with Crippen LogP contribution in [0.2, 0.25) is 0 Å². The molecule has 0 aromatic rings. The van der Waals surface area contributed by atoms with E-state index in [1.165, 1.54) is 0 Å². The number of β-amino-alcohol motifs (C(OH)–C–C–N with tert-alkyl or cyclic N) is 1. The van der Waals surface area contributed by atoms with E-state index < -0.39 is 31.0 Å². The van der Waals surface area contributed by atoms with Gasteiger partial charge in [0.1, 0.15) is 24.4 Å². The number of piperidine rings is 1. The number of nitroso groups, excluding NO2 is 1. The van der Waals surface area contributed by atoms with Gasteiger partial charge in [-0.05, 0) is 0 Å². The van der Waals surface area contributed by atoms with Gasteiger partial charge in [0.25, 0.3) is 0 Å². The molecule has 7 nitrogen and oxygen atoms in total. The van der Waals surface area contributed by atoms with Crippen LogP contribution in [0.3, 0.4) is 0 Å². The minimum Gasteiger partial charge on any atom is -0.394 e. The second-order valence-corrected chi connectivity index (χ2v) is 3.00. The van der Waals surface area contributed by atoms with Crippen molar-refractivity contribution in [1.29, 1.82) is 0 Å². The van der Waals surface area contributed by atoms with E-state index in [1.807, 2.05) is 0 Å². The Hall–Kier alpha value is -0.760. The molecule has 0 saturated carbocycles. The summed E-state index contributed by atoms with van der Waals surface area (Å²) in [6, 6.07) is -0.948. The molecule has 4 N–H and O–H groups in total. The smallest absolute Gasteiger partial charge is 0.110 e. The van der Waals surface area contributed by atoms with Gasteiger partial charge in [-0.25, -0.2) is 0 Å². The first-order chi connectivity index (χ1) is 6.11. The molecule has 0 aromatic heterocycles. The Morgan fingerprint density at radius 2 is 1.92 bits per heavy atom. The molecule has 1 heterocycles. The van der Waals surface area contributed by atoms with Crippen LogP contribution in [0.15, 0.2) is 5.29 Å². The number of rotatable bonds is 2. The molecule has 0 amide bonds. The summed E-state index contributed by atoms with van der Waals surface area (Å²) in [7, 11) is 0. The van der Waals surface area contributed by atoms with E-state index in [4.69, 9.17) is 10.2 Å². The van der Waals surface area contributed by atoms with Crippen molar-refractivity contribution in [3.05, 3.63) is 4.91 Å². The van der Waals surface area contributed by atoms with Crippen molar-refractivity contribution in [2.75, 3.05) is 13.2 Å². The van der Waals surface area contributed by atoms with Crippen LogP contribution < -0.4 is 0 Å². The molecule has 0 radical (unpaired) electrons. The Bertz CT molecular complexity index is 190. The Kier molecular flexibility index (Phi) is 3.15. The molecule has 0 aliphatic carbocycles. The summed E-state index contributed by atoms with van der Waals surface area (Å²) in [6.45, 7) is -0.691. The summed E-state index contributed by atoms with van der Waals surface area (Å²) in [5, 5.41) is 39.7. The summed E-state index contributed by atoms with van der Waals surface area (Å²) in [5.74, 6) is 0. The standard InChI is InChI=1S/C6H12N2O5/c9-2-3-5(11)6(12)4(10)1-8(3)7-13/h3-6,9-12H,1-2H2/t3-,4-,5+,6+/m0/s1. The molecule has 0 unspecified atom stereocenters. The Morgan fingerprint density at radius 1 is 1.31 bits per heavy atom. The maximum Gasteiger partial charge on any atom is 0.110 e. The normalized spacial score (nSPS) is 40.5. The van der Waals surface area contributed by atoms with Crippen LogP contribution in [0.4, 0.5) is 0 Å². The molecule has 0 bridgehead atoms. The predicted molar refractivity (Wildman–Crippen MR) is 41.4 cm³/mol. The summed E-state index contributed by atoms with van der Waals surface area (Å²) < 4.78 is 0. The van der Waals surface area contributed by atoms with Crippen LogP contribution in [-0.2, 0) is 0 Å². The van der Waals surface area contributed by atoms with Crippen molar-refractivity contribution in [3.63, 3.8) is 0 Å². The maximum absolute atomic E-state index is 10.2. The fraction of sp³-hybridized carbons (Fsp3) is 1.00. The van der Waals surface area contributed by atoms with Gasteiger partial charge in [0.05, 0.1) is 18.4 Å². The van der Waals surface area contributed by atoms with Crippen LogP contribution in [0.1, 0.15) is 0 Å². The van der Waals surface area contributed by atoms with Crippen molar-refractivity contribution in [3.8, 4) is 0 Å². The molecule has 1 fully saturated rings. The van der Waals surface area contributed by atoms with Crippen molar-refractivity contribution >= 4 is 0 Å². The molecule has 1 aliphatic rings. The molecular weight excluding hydrogens is 180 g/mol. The number of nitrogens with zero attached hydrogens (tertiary/aromatic N) is 2. The lowest BCUT2D eigenvalue weighted by Crippen LogP contribution is -2.60. The summed E-state index contributed by atoms with van der Waals surface area (Å²) in [5.41, 5.74) is 0. The highest BCUT2D eigenvalue weighted by Crippen LogP contribution is 2.18. The van der Waals surface area contributed by atoms with E-state index in [9.17, 15) is 15.1 Å². The van der Waals surface area contributed by atoms with Crippen molar-refractivity contribution < 1.29 is 20.4 Å². The van der Waals surface area contributed by atoms with E-state index >= 15 is 0 Å². The molecule has 1 saturated heterocycles. The first-order valence-corrected chi connectivity index (χ1v) is 3.86. The zero-order valence-electron chi connectivity index (χ0n) is 6.82. The average molecular weight is 192 g/mol. The monoisotopic (exact) mass is 192 g/mol. The molecule has 76 valence electrons. The lowest BCUT2D eigenvalue weighted by atomic mass is 9.96. The van der Waals surface area contributed by atoms with Crippen LogP contribution in [0.5, 0.6) is 0 Å². The zero-order valence-corrected chi connectivity index (χ0v) is 6.82. The number of aliphatic hydroxyl groups is 4. The van der Waals surface area contributed by atoms with E-state index in [1.54, 1.807) is 0 Å². The minimum absolute atomic E-state index is 0.188. The Balaban J connectivity index is 2.74. The first kappa shape index (κ1) is 10.3. The fourth-order valence-corrected chi connectivity index (χ4v) is 1.36. The van der Waals surface area contributed by atoms with Crippen LogP contribution in [0, 0.1) is 4.91 Å². The highest BCUT2D eigenvalue weighted by molar-refractivity contribution is 4.92. The number of hydrogen-bond acceptors (Lipinski definition) is 6. The summed E-state index contributed by atoms with van der Waals surface area (Å²) in [6.07, 6.45) is -3.95. The fourth-order valence-electron chi connectivity index (χ4n) is 1.36. The molecule has 1 aliphatic heterocycles. The van der Waals surface area contributed by atoms with E-state index in [-0.39, 0.29) is 6.54 Å². The topological polar surface area (TPSA) is 114 Å². The third-order valence-corrected chi connectivity index (χ3v) is 2.19. The van der Waals surface area contributed by atoms with Crippen LogP contribution >= 0.6 is 0 Å². The predicted octanol–water partition coefficient (Wildman–Crippen LogP) is -2.57. The summed E-state index contributed by atoms with van der Waals surface area (Å²) in [4.78, 5) is 10.2. The molecule has 13 heavy (non-hydrogen) atoms. The van der Waals surface area contributed by atoms with E-state index in [0.717, 1.165) is 5.01 Å². The average Bonchev–Trinajstić information content (AvgIpc) is 2.13. The molecular formula is C6H12N2O5. The lowest BCUT2D eigenvalue weighted by Gasteiger charge is -2.39. The molecule has 7 heteroatoms. The maximum atomic E-state index is 10.2. The van der Waals surface area contributed by atoms with Gasteiger partial charge >= 0.3 is 0 Å². The van der Waals surface area contributed by atoms with Gasteiger partial charge in [-0.3, -0.25) is 5.01 Å².